The number of aryl methyl sites for hydroxylation is 1. The van der Waals surface area contributed by atoms with Gasteiger partial charge in [-0.15, -0.1) is 0 Å². The molecule has 0 aliphatic carbocycles. The van der Waals surface area contributed by atoms with E-state index < -0.39 is 6.10 Å². The van der Waals surface area contributed by atoms with Crippen LogP contribution >= 0.6 is 0 Å². The number of hydrogen-bond donors (Lipinski definition) is 1. The van der Waals surface area contributed by atoms with E-state index in [2.05, 4.69) is 21.3 Å². The van der Waals surface area contributed by atoms with Crippen LogP contribution in [0.2, 0.25) is 0 Å². The average Bonchev–Trinajstić information content (AvgIpc) is 3.11. The second kappa shape index (κ2) is 5.76. The molecule has 2 unspecified atom stereocenters. The zero-order valence-electron chi connectivity index (χ0n) is 11.8. The van der Waals surface area contributed by atoms with Crippen molar-refractivity contribution in [2.24, 2.45) is 7.05 Å². The van der Waals surface area contributed by atoms with Gasteiger partial charge in [0.15, 0.2) is 0 Å². The van der Waals surface area contributed by atoms with Crippen LogP contribution in [-0.4, -0.2) is 48.8 Å². The fourth-order valence-electron chi connectivity index (χ4n) is 2.99. The molecular formula is C14H21N5O. The highest BCUT2D eigenvalue weighted by Gasteiger charge is 2.28. The molecule has 0 radical (unpaired) electrons. The molecule has 2 aromatic heterocycles. The van der Waals surface area contributed by atoms with Crippen LogP contribution in [0.5, 0.6) is 0 Å². The molecule has 1 fully saturated rings. The molecule has 6 nitrogen and oxygen atoms in total. The third-order valence-corrected chi connectivity index (χ3v) is 3.88. The van der Waals surface area contributed by atoms with Gasteiger partial charge in [-0.3, -0.25) is 14.3 Å². The largest absolute Gasteiger partial charge is 0.390 e. The van der Waals surface area contributed by atoms with Gasteiger partial charge in [-0.05, 0) is 25.5 Å². The van der Waals surface area contributed by atoms with Crippen molar-refractivity contribution in [3.8, 4) is 0 Å². The van der Waals surface area contributed by atoms with Gasteiger partial charge in [-0.2, -0.15) is 10.2 Å². The molecule has 0 saturated carbocycles. The molecule has 20 heavy (non-hydrogen) atoms. The first-order chi connectivity index (χ1) is 9.72. The number of β-amino-alcohol motifs (C(OH)–C–C–N with tert-alkyl or cyclic N) is 1. The number of hydrogen-bond acceptors (Lipinski definition) is 4. The quantitative estimate of drug-likeness (QED) is 0.877. The topological polar surface area (TPSA) is 59.1 Å². The van der Waals surface area contributed by atoms with E-state index in [0.29, 0.717) is 19.1 Å². The minimum atomic E-state index is -0.396. The molecule has 1 saturated heterocycles. The zero-order valence-corrected chi connectivity index (χ0v) is 11.8. The van der Waals surface area contributed by atoms with Gasteiger partial charge in [-0.1, -0.05) is 0 Å². The van der Waals surface area contributed by atoms with E-state index in [4.69, 9.17) is 0 Å². The number of nitrogens with zero attached hydrogens (tertiary/aromatic N) is 5. The SMILES string of the molecule is Cn1cc(C2CCCN2CC(O)Cn2cccn2)cn1. The van der Waals surface area contributed by atoms with Gasteiger partial charge >= 0.3 is 0 Å². The Balaban J connectivity index is 1.61. The maximum atomic E-state index is 10.2. The Hall–Kier alpha value is -1.66. The molecule has 0 aromatic carbocycles. The van der Waals surface area contributed by atoms with Crippen LogP contribution in [0.4, 0.5) is 0 Å². The Morgan fingerprint density at radius 3 is 3.00 bits per heavy atom. The second-order valence-electron chi connectivity index (χ2n) is 5.48. The van der Waals surface area contributed by atoms with Crippen molar-refractivity contribution in [3.63, 3.8) is 0 Å². The van der Waals surface area contributed by atoms with Crippen LogP contribution in [0, 0.1) is 0 Å². The Morgan fingerprint density at radius 1 is 1.40 bits per heavy atom. The van der Waals surface area contributed by atoms with E-state index in [1.807, 2.05) is 30.2 Å². The summed E-state index contributed by atoms with van der Waals surface area (Å²) in [4.78, 5) is 2.35. The van der Waals surface area contributed by atoms with Gasteiger partial charge in [0.2, 0.25) is 0 Å². The van der Waals surface area contributed by atoms with Crippen molar-refractivity contribution in [2.45, 2.75) is 31.5 Å². The molecule has 2 aromatic rings. The van der Waals surface area contributed by atoms with Crippen LogP contribution in [0.1, 0.15) is 24.4 Å². The lowest BCUT2D eigenvalue weighted by Gasteiger charge is -2.26. The summed E-state index contributed by atoms with van der Waals surface area (Å²) in [7, 11) is 1.94. The monoisotopic (exact) mass is 275 g/mol. The second-order valence-corrected chi connectivity index (χ2v) is 5.48. The Morgan fingerprint density at radius 2 is 2.30 bits per heavy atom. The van der Waals surface area contributed by atoms with Gasteiger partial charge < -0.3 is 5.11 Å². The summed E-state index contributed by atoms with van der Waals surface area (Å²) in [5.74, 6) is 0. The molecule has 3 rings (SSSR count). The molecule has 3 heterocycles. The van der Waals surface area contributed by atoms with Crippen LogP contribution < -0.4 is 0 Å². The van der Waals surface area contributed by atoms with Gasteiger partial charge in [0.05, 0.1) is 18.8 Å². The van der Waals surface area contributed by atoms with Gasteiger partial charge in [0, 0.05) is 43.8 Å². The summed E-state index contributed by atoms with van der Waals surface area (Å²) in [6.45, 7) is 2.26. The van der Waals surface area contributed by atoms with Crippen LogP contribution in [0.25, 0.3) is 0 Å². The van der Waals surface area contributed by atoms with Crippen LogP contribution in [-0.2, 0) is 13.6 Å². The lowest BCUT2D eigenvalue weighted by atomic mass is 10.1. The fraction of sp³-hybridized carbons (Fsp3) is 0.571. The summed E-state index contributed by atoms with van der Waals surface area (Å²) in [6, 6.07) is 2.26. The first-order valence-corrected chi connectivity index (χ1v) is 7.10. The molecule has 1 N–H and O–H groups in total. The minimum absolute atomic E-state index is 0.385. The van der Waals surface area contributed by atoms with E-state index in [-0.39, 0.29) is 0 Å². The van der Waals surface area contributed by atoms with Gasteiger partial charge in [-0.25, -0.2) is 0 Å². The Bertz CT molecular complexity index is 536. The predicted molar refractivity (Wildman–Crippen MR) is 75.0 cm³/mol. The number of aliphatic hydroxyl groups is 1. The molecule has 6 heteroatoms. The Labute approximate surface area is 118 Å². The maximum Gasteiger partial charge on any atom is 0.0862 e. The molecule has 1 aliphatic heterocycles. The molecule has 0 bridgehead atoms. The van der Waals surface area contributed by atoms with Crippen LogP contribution in [0.15, 0.2) is 30.9 Å². The number of likely N-dealkylation sites (tertiary alicyclic amines) is 1. The molecule has 1 aliphatic rings. The average molecular weight is 275 g/mol. The van der Waals surface area contributed by atoms with E-state index in [1.165, 1.54) is 12.0 Å². The summed E-state index contributed by atoms with van der Waals surface area (Å²) in [6.07, 6.45) is 9.54. The summed E-state index contributed by atoms with van der Waals surface area (Å²) < 4.78 is 3.62. The molecule has 108 valence electrons. The van der Waals surface area contributed by atoms with E-state index in [1.54, 1.807) is 10.9 Å². The predicted octanol–water partition coefficient (Wildman–Crippen LogP) is 0.815. The minimum Gasteiger partial charge on any atom is -0.390 e. The van der Waals surface area contributed by atoms with Crippen molar-refractivity contribution >= 4 is 0 Å². The van der Waals surface area contributed by atoms with Gasteiger partial charge in [0.1, 0.15) is 0 Å². The third-order valence-electron chi connectivity index (χ3n) is 3.88. The smallest absolute Gasteiger partial charge is 0.0862 e. The number of aliphatic hydroxyl groups excluding tert-OH is 1. The number of aromatic nitrogens is 4. The third kappa shape index (κ3) is 2.91. The summed E-state index contributed by atoms with van der Waals surface area (Å²) in [5, 5.41) is 18.6. The van der Waals surface area contributed by atoms with E-state index in [0.717, 1.165) is 13.0 Å². The lowest BCUT2D eigenvalue weighted by Crippen LogP contribution is -2.34. The highest BCUT2D eigenvalue weighted by atomic mass is 16.3. The van der Waals surface area contributed by atoms with Crippen LogP contribution in [0.3, 0.4) is 0 Å². The fourth-order valence-corrected chi connectivity index (χ4v) is 2.99. The molecule has 0 spiro atoms. The van der Waals surface area contributed by atoms with Crippen molar-refractivity contribution in [1.82, 2.24) is 24.5 Å². The van der Waals surface area contributed by atoms with Crippen molar-refractivity contribution in [3.05, 3.63) is 36.4 Å². The first kappa shape index (κ1) is 13.3. The number of rotatable bonds is 5. The molecule has 2 atom stereocenters. The maximum absolute atomic E-state index is 10.2. The highest BCUT2D eigenvalue weighted by molar-refractivity contribution is 5.12. The van der Waals surface area contributed by atoms with Crippen molar-refractivity contribution < 1.29 is 5.11 Å². The zero-order chi connectivity index (χ0) is 13.9. The first-order valence-electron chi connectivity index (χ1n) is 7.10. The summed E-state index contributed by atoms with van der Waals surface area (Å²) in [5.41, 5.74) is 1.25. The standard InChI is InChI=1S/C14H21N5O/c1-17-9-12(8-16-17)14-4-2-6-18(14)10-13(20)11-19-7-3-5-15-19/h3,5,7-9,13-14,20H,2,4,6,10-11H2,1H3. The van der Waals surface area contributed by atoms with Crippen molar-refractivity contribution in [2.75, 3.05) is 13.1 Å². The Kier molecular flexibility index (Phi) is 3.84. The lowest BCUT2D eigenvalue weighted by molar-refractivity contribution is 0.0890. The molecular weight excluding hydrogens is 254 g/mol. The van der Waals surface area contributed by atoms with E-state index in [9.17, 15) is 5.11 Å². The van der Waals surface area contributed by atoms with Crippen molar-refractivity contribution in [1.29, 1.82) is 0 Å². The molecule has 0 amide bonds. The van der Waals surface area contributed by atoms with E-state index >= 15 is 0 Å². The summed E-state index contributed by atoms with van der Waals surface area (Å²) >= 11 is 0. The normalized spacial score (nSPS) is 21.4. The highest BCUT2D eigenvalue weighted by Crippen LogP contribution is 2.31. The van der Waals surface area contributed by atoms with Gasteiger partial charge in [0.25, 0.3) is 0 Å².